The second-order valence-corrected chi connectivity index (χ2v) is 5.71. The molecule has 0 fully saturated rings. The summed E-state index contributed by atoms with van der Waals surface area (Å²) in [7, 11) is 4.44. The Bertz CT molecular complexity index is 838. The van der Waals surface area contributed by atoms with Gasteiger partial charge in [-0.3, -0.25) is 4.79 Å². The molecule has 0 saturated heterocycles. The summed E-state index contributed by atoms with van der Waals surface area (Å²) in [5, 5.41) is 2.55. The molecule has 0 saturated carbocycles. The average molecular weight is 395 g/mol. The standard InChI is InChI=1S/C20H20F3NO4/c1-26-16-10-13(11-17(27-2)19(16)28-3)7-8-18(25)24-12-14-5-4-6-15(9-14)20(21,22)23/h4-11H,12H2,1-3H3,(H,24,25)/b8-7+. The predicted octanol–water partition coefficient (Wildman–Crippen LogP) is 4.06. The lowest BCUT2D eigenvalue weighted by Gasteiger charge is -2.12. The highest BCUT2D eigenvalue weighted by Gasteiger charge is 2.30. The number of hydrogen-bond donors (Lipinski definition) is 1. The summed E-state index contributed by atoms with van der Waals surface area (Å²) in [6, 6.07) is 8.13. The Morgan fingerprint density at radius 1 is 1.04 bits per heavy atom. The van der Waals surface area contributed by atoms with Gasteiger partial charge in [0.15, 0.2) is 11.5 Å². The molecule has 0 aliphatic rings. The maximum atomic E-state index is 12.7. The molecule has 8 heteroatoms. The molecule has 28 heavy (non-hydrogen) atoms. The Morgan fingerprint density at radius 3 is 2.21 bits per heavy atom. The van der Waals surface area contributed by atoms with Crippen LogP contribution in [-0.2, 0) is 17.5 Å². The van der Waals surface area contributed by atoms with Crippen molar-refractivity contribution in [1.82, 2.24) is 5.32 Å². The Labute approximate surface area is 160 Å². The Kier molecular flexibility index (Phi) is 6.92. The van der Waals surface area contributed by atoms with E-state index in [9.17, 15) is 18.0 Å². The van der Waals surface area contributed by atoms with Crippen molar-refractivity contribution in [2.75, 3.05) is 21.3 Å². The first-order chi connectivity index (χ1) is 13.3. The Hall–Kier alpha value is -3.16. The Balaban J connectivity index is 2.06. The Morgan fingerprint density at radius 2 is 1.68 bits per heavy atom. The van der Waals surface area contributed by atoms with Crippen LogP contribution in [0.4, 0.5) is 13.2 Å². The van der Waals surface area contributed by atoms with Crippen LogP contribution in [0.15, 0.2) is 42.5 Å². The largest absolute Gasteiger partial charge is 0.493 e. The smallest absolute Gasteiger partial charge is 0.416 e. The molecular weight excluding hydrogens is 375 g/mol. The van der Waals surface area contributed by atoms with Crippen molar-refractivity contribution in [3.05, 3.63) is 59.2 Å². The number of rotatable bonds is 7. The SMILES string of the molecule is COc1cc(/C=C/C(=O)NCc2cccc(C(F)(F)F)c2)cc(OC)c1OC. The number of nitrogens with one attached hydrogen (secondary N) is 1. The highest BCUT2D eigenvalue weighted by atomic mass is 19.4. The van der Waals surface area contributed by atoms with Crippen molar-refractivity contribution in [3.63, 3.8) is 0 Å². The van der Waals surface area contributed by atoms with Gasteiger partial charge in [0.05, 0.1) is 26.9 Å². The second-order valence-electron chi connectivity index (χ2n) is 5.71. The molecule has 0 aliphatic heterocycles. The number of carbonyl (C=O) groups excluding carboxylic acids is 1. The molecular formula is C20H20F3NO4. The van der Waals surface area contributed by atoms with Gasteiger partial charge in [-0.2, -0.15) is 13.2 Å². The third-order valence-corrected chi connectivity index (χ3v) is 3.84. The molecule has 0 spiro atoms. The van der Waals surface area contributed by atoms with E-state index in [4.69, 9.17) is 14.2 Å². The molecule has 0 radical (unpaired) electrons. The van der Waals surface area contributed by atoms with Crippen molar-refractivity contribution in [2.45, 2.75) is 12.7 Å². The topological polar surface area (TPSA) is 56.8 Å². The zero-order valence-electron chi connectivity index (χ0n) is 15.6. The van der Waals surface area contributed by atoms with Gasteiger partial charge in [0.1, 0.15) is 0 Å². The average Bonchev–Trinajstić information content (AvgIpc) is 2.69. The number of ether oxygens (including phenoxy) is 3. The summed E-state index contributed by atoms with van der Waals surface area (Å²) in [5.41, 5.74) is 0.222. The third kappa shape index (κ3) is 5.42. The van der Waals surface area contributed by atoms with E-state index in [0.717, 1.165) is 12.1 Å². The van der Waals surface area contributed by atoms with Crippen LogP contribution in [-0.4, -0.2) is 27.2 Å². The fraction of sp³-hybridized carbons (Fsp3) is 0.250. The first-order valence-corrected chi connectivity index (χ1v) is 8.20. The number of alkyl halides is 3. The van der Waals surface area contributed by atoms with E-state index < -0.39 is 17.6 Å². The first kappa shape index (κ1) is 21.1. The van der Waals surface area contributed by atoms with Gasteiger partial charge in [0.2, 0.25) is 11.7 Å². The number of benzene rings is 2. The molecule has 0 unspecified atom stereocenters. The lowest BCUT2D eigenvalue weighted by Crippen LogP contribution is -2.20. The van der Waals surface area contributed by atoms with Gasteiger partial charge in [-0.15, -0.1) is 0 Å². The van der Waals surface area contributed by atoms with Gasteiger partial charge in [-0.25, -0.2) is 0 Å². The van der Waals surface area contributed by atoms with Crippen LogP contribution in [0, 0.1) is 0 Å². The third-order valence-electron chi connectivity index (χ3n) is 3.84. The number of carbonyl (C=O) groups is 1. The van der Waals surface area contributed by atoms with Crippen LogP contribution in [0.2, 0.25) is 0 Å². The number of hydrogen-bond acceptors (Lipinski definition) is 4. The normalized spacial score (nSPS) is 11.4. The highest BCUT2D eigenvalue weighted by molar-refractivity contribution is 5.91. The fourth-order valence-corrected chi connectivity index (χ4v) is 2.48. The molecule has 0 heterocycles. The van der Waals surface area contributed by atoms with E-state index in [1.54, 1.807) is 12.1 Å². The molecule has 0 atom stereocenters. The molecule has 0 aliphatic carbocycles. The van der Waals surface area contributed by atoms with Crippen molar-refractivity contribution in [3.8, 4) is 17.2 Å². The van der Waals surface area contributed by atoms with Crippen LogP contribution in [0.5, 0.6) is 17.2 Å². The van der Waals surface area contributed by atoms with Crippen LogP contribution >= 0.6 is 0 Å². The summed E-state index contributed by atoms with van der Waals surface area (Å²) in [6.45, 7) is -0.0254. The zero-order chi connectivity index (χ0) is 20.7. The fourth-order valence-electron chi connectivity index (χ4n) is 2.48. The summed E-state index contributed by atoms with van der Waals surface area (Å²) in [6.07, 6.45) is -1.62. The van der Waals surface area contributed by atoms with E-state index in [1.165, 1.54) is 45.6 Å². The molecule has 1 N–H and O–H groups in total. The molecule has 0 aromatic heterocycles. The molecule has 5 nitrogen and oxygen atoms in total. The summed E-state index contributed by atoms with van der Waals surface area (Å²) < 4.78 is 53.9. The molecule has 0 bridgehead atoms. The molecule has 2 rings (SSSR count). The van der Waals surface area contributed by atoms with Crippen molar-refractivity contribution >= 4 is 12.0 Å². The van der Waals surface area contributed by atoms with Gasteiger partial charge in [-0.05, 0) is 41.5 Å². The highest BCUT2D eigenvalue weighted by Crippen LogP contribution is 2.38. The minimum Gasteiger partial charge on any atom is -0.493 e. The van der Waals surface area contributed by atoms with Crippen molar-refractivity contribution < 1.29 is 32.2 Å². The molecule has 1 amide bonds. The summed E-state index contributed by atoms with van der Waals surface area (Å²) in [5.74, 6) is 0.846. The van der Waals surface area contributed by atoms with Crippen LogP contribution < -0.4 is 19.5 Å². The lowest BCUT2D eigenvalue weighted by atomic mass is 10.1. The number of amides is 1. The number of halogens is 3. The molecule has 2 aromatic carbocycles. The summed E-state index contributed by atoms with van der Waals surface area (Å²) >= 11 is 0. The van der Waals surface area contributed by atoms with E-state index in [0.29, 0.717) is 28.4 Å². The quantitative estimate of drug-likeness (QED) is 0.719. The van der Waals surface area contributed by atoms with Crippen LogP contribution in [0.25, 0.3) is 6.08 Å². The molecule has 2 aromatic rings. The predicted molar refractivity (Wildman–Crippen MR) is 98.4 cm³/mol. The first-order valence-electron chi connectivity index (χ1n) is 8.20. The maximum Gasteiger partial charge on any atom is 0.416 e. The minimum atomic E-state index is -4.42. The lowest BCUT2D eigenvalue weighted by molar-refractivity contribution is -0.137. The minimum absolute atomic E-state index is 0.0254. The van der Waals surface area contributed by atoms with Gasteiger partial charge in [-0.1, -0.05) is 12.1 Å². The van der Waals surface area contributed by atoms with Gasteiger partial charge < -0.3 is 19.5 Å². The second kappa shape index (κ2) is 9.16. The van der Waals surface area contributed by atoms with Gasteiger partial charge in [0, 0.05) is 12.6 Å². The summed E-state index contributed by atoms with van der Waals surface area (Å²) in [4.78, 5) is 12.0. The van der Waals surface area contributed by atoms with Gasteiger partial charge >= 0.3 is 6.18 Å². The van der Waals surface area contributed by atoms with Crippen LogP contribution in [0.3, 0.4) is 0 Å². The van der Waals surface area contributed by atoms with Gasteiger partial charge in [0.25, 0.3) is 0 Å². The number of methoxy groups -OCH3 is 3. The van der Waals surface area contributed by atoms with E-state index in [2.05, 4.69) is 5.32 Å². The van der Waals surface area contributed by atoms with Crippen LogP contribution in [0.1, 0.15) is 16.7 Å². The maximum absolute atomic E-state index is 12.7. The molecule has 150 valence electrons. The van der Waals surface area contributed by atoms with E-state index >= 15 is 0 Å². The van der Waals surface area contributed by atoms with Crippen molar-refractivity contribution in [1.29, 1.82) is 0 Å². The van der Waals surface area contributed by atoms with E-state index in [1.807, 2.05) is 0 Å². The monoisotopic (exact) mass is 395 g/mol. The van der Waals surface area contributed by atoms with Crippen molar-refractivity contribution in [2.24, 2.45) is 0 Å². The zero-order valence-corrected chi connectivity index (χ0v) is 15.6. The van der Waals surface area contributed by atoms with E-state index in [-0.39, 0.29) is 6.54 Å².